The van der Waals surface area contributed by atoms with E-state index in [4.69, 9.17) is 0 Å². The van der Waals surface area contributed by atoms with Gasteiger partial charge in [-0.3, -0.25) is 9.78 Å². The van der Waals surface area contributed by atoms with Gasteiger partial charge in [0.2, 0.25) is 0 Å². The minimum Gasteiger partial charge on any atom is -0.275 e. The van der Waals surface area contributed by atoms with Crippen LogP contribution in [-0.2, 0) is 7.05 Å². The molecule has 0 bridgehead atoms. The van der Waals surface area contributed by atoms with E-state index in [0.29, 0.717) is 0 Å². The third-order valence-corrected chi connectivity index (χ3v) is 1.23. The van der Waals surface area contributed by atoms with Crippen LogP contribution in [0.1, 0.15) is 0 Å². The largest absolute Gasteiger partial charge is 0.275 e. The predicted molar refractivity (Wildman–Crippen MR) is 32.9 cm³/mol. The van der Waals surface area contributed by atoms with E-state index in [0.717, 1.165) is 11.0 Å². The number of nitrogens with zero attached hydrogens (tertiary/aromatic N) is 3. The smallest absolute Gasteiger partial charge is 0.130 e. The van der Waals surface area contributed by atoms with Gasteiger partial charge in [0.1, 0.15) is 11.0 Å². The van der Waals surface area contributed by atoms with Crippen LogP contribution in [0.5, 0.6) is 0 Å². The van der Waals surface area contributed by atoms with Gasteiger partial charge in [-0.1, -0.05) is 0 Å². The lowest BCUT2D eigenvalue weighted by atomic mass is 10.5. The Kier molecular flexibility index (Phi) is 0.677. The lowest BCUT2D eigenvalue weighted by Crippen LogP contribution is -1.85. The number of hydrogen-bond acceptors (Lipinski definition) is 2. The maximum atomic E-state index is 4.10. The number of fused-ring (bicyclic) bond motifs is 1. The van der Waals surface area contributed by atoms with Crippen molar-refractivity contribution in [1.82, 2.24) is 20.0 Å². The zero-order valence-electron chi connectivity index (χ0n) is 5.00. The Morgan fingerprint density at radius 1 is 1.67 bits per heavy atom. The summed E-state index contributed by atoms with van der Waals surface area (Å²) in [6.07, 6.45) is 3.59. The zero-order chi connectivity index (χ0) is 6.27. The average molecular weight is 122 g/mol. The molecule has 2 heterocycles. The van der Waals surface area contributed by atoms with Crippen LogP contribution < -0.4 is 0 Å². The second-order valence-electron chi connectivity index (χ2n) is 1.97. The van der Waals surface area contributed by atoms with E-state index in [1.54, 1.807) is 10.9 Å². The van der Waals surface area contributed by atoms with Crippen LogP contribution in [0.25, 0.3) is 11.0 Å². The third kappa shape index (κ3) is 0.526. The van der Waals surface area contributed by atoms with Gasteiger partial charge in [0.05, 0.1) is 12.4 Å². The van der Waals surface area contributed by atoms with E-state index in [2.05, 4.69) is 15.3 Å². The first kappa shape index (κ1) is 4.55. The number of nitrogens with one attached hydrogen (secondary N) is 1. The molecule has 0 aliphatic rings. The molecule has 0 saturated heterocycles. The molecule has 0 fully saturated rings. The summed E-state index contributed by atoms with van der Waals surface area (Å²) in [6, 6.07) is 0. The fourth-order valence-corrected chi connectivity index (χ4v) is 0.850. The number of hydrogen-bond donors (Lipinski definition) is 1. The van der Waals surface area contributed by atoms with E-state index < -0.39 is 0 Å². The van der Waals surface area contributed by atoms with E-state index >= 15 is 0 Å². The van der Waals surface area contributed by atoms with Gasteiger partial charge in [-0.15, -0.1) is 0 Å². The zero-order valence-corrected chi connectivity index (χ0v) is 5.00. The molecule has 1 N–H and O–H groups in total. The van der Waals surface area contributed by atoms with E-state index in [9.17, 15) is 0 Å². The number of rotatable bonds is 0. The molecule has 0 amide bonds. The first-order valence-corrected chi connectivity index (χ1v) is 2.69. The molecule has 2 aromatic rings. The molecule has 2 aromatic heterocycles. The topological polar surface area (TPSA) is 46.5 Å². The Morgan fingerprint density at radius 3 is 3.33 bits per heavy atom. The third-order valence-electron chi connectivity index (χ3n) is 1.23. The molecule has 46 valence electrons. The quantitative estimate of drug-likeness (QED) is 0.546. The Hall–Kier alpha value is -1.32. The molecule has 0 aliphatic carbocycles. The van der Waals surface area contributed by atoms with Gasteiger partial charge >= 0.3 is 0 Å². The van der Waals surface area contributed by atoms with Crippen molar-refractivity contribution in [3.63, 3.8) is 0 Å². The molecule has 0 aromatic carbocycles. The second-order valence-corrected chi connectivity index (χ2v) is 1.97. The molecule has 0 saturated carbocycles. The van der Waals surface area contributed by atoms with Crippen LogP contribution in [0, 0.1) is 0 Å². The standard InChI is InChI=1S/C5H6N4/c1-9-3-5-4(8-9)2-6-7-5/h2-3,7H,1H3. The van der Waals surface area contributed by atoms with Crippen LogP contribution in [-0.4, -0.2) is 20.0 Å². The Morgan fingerprint density at radius 2 is 2.56 bits per heavy atom. The highest BCUT2D eigenvalue weighted by Crippen LogP contribution is 2.04. The average Bonchev–Trinajstić information content (AvgIpc) is 2.22. The van der Waals surface area contributed by atoms with Crippen LogP contribution in [0.2, 0.25) is 0 Å². The van der Waals surface area contributed by atoms with Crippen molar-refractivity contribution in [3.8, 4) is 0 Å². The normalized spacial score (nSPS) is 10.8. The molecule has 0 unspecified atom stereocenters. The van der Waals surface area contributed by atoms with Crippen molar-refractivity contribution >= 4 is 11.0 Å². The molecule has 0 atom stereocenters. The fraction of sp³-hybridized carbons (Fsp3) is 0.200. The second kappa shape index (κ2) is 1.34. The lowest BCUT2D eigenvalue weighted by molar-refractivity contribution is 0.777. The molecule has 0 spiro atoms. The fourth-order valence-electron chi connectivity index (χ4n) is 0.850. The summed E-state index contributed by atoms with van der Waals surface area (Å²) < 4.78 is 1.75. The molecule has 4 nitrogen and oxygen atoms in total. The summed E-state index contributed by atoms with van der Waals surface area (Å²) >= 11 is 0. The maximum Gasteiger partial charge on any atom is 0.130 e. The summed E-state index contributed by atoms with van der Waals surface area (Å²) in [6.45, 7) is 0. The van der Waals surface area contributed by atoms with Crippen LogP contribution in [0.4, 0.5) is 0 Å². The minimum atomic E-state index is 0.914. The maximum absolute atomic E-state index is 4.10. The molecule has 9 heavy (non-hydrogen) atoms. The summed E-state index contributed by atoms with van der Waals surface area (Å²) in [5.41, 5.74) is 1.90. The van der Waals surface area contributed by atoms with Crippen molar-refractivity contribution in [2.24, 2.45) is 7.05 Å². The van der Waals surface area contributed by atoms with Crippen molar-refractivity contribution in [3.05, 3.63) is 12.4 Å². The van der Waals surface area contributed by atoms with Crippen molar-refractivity contribution in [1.29, 1.82) is 0 Å². The summed E-state index contributed by atoms with van der Waals surface area (Å²) in [5, 5.41) is 10.7. The molecule has 0 aliphatic heterocycles. The summed E-state index contributed by atoms with van der Waals surface area (Å²) in [7, 11) is 1.88. The van der Waals surface area contributed by atoms with Crippen LogP contribution in [0.15, 0.2) is 12.4 Å². The van der Waals surface area contributed by atoms with Crippen molar-refractivity contribution in [2.45, 2.75) is 0 Å². The molecule has 2 rings (SSSR count). The van der Waals surface area contributed by atoms with Gasteiger partial charge in [-0.2, -0.15) is 10.2 Å². The summed E-state index contributed by atoms with van der Waals surface area (Å²) in [5.74, 6) is 0. The van der Waals surface area contributed by atoms with Gasteiger partial charge in [-0.05, 0) is 0 Å². The van der Waals surface area contributed by atoms with Gasteiger partial charge in [0.15, 0.2) is 0 Å². The molecular weight excluding hydrogens is 116 g/mol. The highest BCUT2D eigenvalue weighted by molar-refractivity contribution is 5.71. The van der Waals surface area contributed by atoms with Crippen molar-refractivity contribution in [2.75, 3.05) is 0 Å². The van der Waals surface area contributed by atoms with E-state index in [1.807, 2.05) is 13.2 Å². The number of aromatic nitrogens is 4. The monoisotopic (exact) mass is 122 g/mol. The predicted octanol–water partition coefficient (Wildman–Crippen LogP) is 0.296. The molecular formula is C5H6N4. The van der Waals surface area contributed by atoms with Crippen molar-refractivity contribution < 1.29 is 0 Å². The SMILES string of the molecule is Cn1cc2[nH]ncc2n1. The van der Waals surface area contributed by atoms with Gasteiger partial charge < -0.3 is 0 Å². The Bertz CT molecular complexity index is 290. The number of H-pyrrole nitrogens is 1. The van der Waals surface area contributed by atoms with E-state index in [-0.39, 0.29) is 0 Å². The van der Waals surface area contributed by atoms with Gasteiger partial charge in [0.25, 0.3) is 0 Å². The first-order valence-electron chi connectivity index (χ1n) is 2.69. The number of aryl methyl sites for hydroxylation is 1. The minimum absolute atomic E-state index is 0.914. The Balaban J connectivity index is 2.92. The van der Waals surface area contributed by atoms with Gasteiger partial charge in [0, 0.05) is 7.05 Å². The Labute approximate surface area is 51.5 Å². The highest BCUT2D eigenvalue weighted by Gasteiger charge is 1.96. The van der Waals surface area contributed by atoms with Gasteiger partial charge in [-0.25, -0.2) is 0 Å². The number of aromatic amines is 1. The van der Waals surface area contributed by atoms with E-state index in [1.165, 1.54) is 0 Å². The van der Waals surface area contributed by atoms with Crippen LogP contribution >= 0.6 is 0 Å². The summed E-state index contributed by atoms with van der Waals surface area (Å²) in [4.78, 5) is 0. The lowest BCUT2D eigenvalue weighted by Gasteiger charge is -1.79. The molecule has 0 radical (unpaired) electrons. The first-order chi connectivity index (χ1) is 4.36. The highest BCUT2D eigenvalue weighted by atomic mass is 15.3. The molecule has 4 heteroatoms. The van der Waals surface area contributed by atoms with Crippen LogP contribution in [0.3, 0.4) is 0 Å².